The molecule has 208 valence electrons. The average Bonchev–Trinajstić information content (AvgIpc) is 3.15. The zero-order valence-electron chi connectivity index (χ0n) is 22.4. The normalized spacial score (nSPS) is 22.8. The summed E-state index contributed by atoms with van der Waals surface area (Å²) in [5, 5.41) is 7.85. The van der Waals surface area contributed by atoms with Gasteiger partial charge in [0, 0.05) is 31.8 Å². The molecule has 1 aliphatic rings. The van der Waals surface area contributed by atoms with E-state index in [0.717, 1.165) is 30.7 Å². The first kappa shape index (κ1) is 30.0. The van der Waals surface area contributed by atoms with Crippen LogP contribution < -0.4 is 0 Å². The van der Waals surface area contributed by atoms with Crippen molar-refractivity contribution in [1.82, 2.24) is 4.31 Å². The van der Waals surface area contributed by atoms with E-state index in [2.05, 4.69) is 24.1 Å². The van der Waals surface area contributed by atoms with E-state index < -0.39 is 44.5 Å². The number of hydrogen-bond donors (Lipinski definition) is 0. The maximum atomic E-state index is 14.7. The zero-order chi connectivity index (χ0) is 28.3. The van der Waals surface area contributed by atoms with Crippen molar-refractivity contribution in [1.29, 1.82) is 0 Å². The smallest absolute Gasteiger partial charge is 0.212 e. The van der Waals surface area contributed by atoms with E-state index in [0.29, 0.717) is 12.5 Å². The highest BCUT2D eigenvalue weighted by atomic mass is 32.2. The summed E-state index contributed by atoms with van der Waals surface area (Å²) in [6.07, 6.45) is 3.19. The van der Waals surface area contributed by atoms with Gasteiger partial charge in [-0.2, -0.15) is 10.2 Å². The summed E-state index contributed by atoms with van der Waals surface area (Å²) in [5.41, 5.74) is -0.929. The van der Waals surface area contributed by atoms with Gasteiger partial charge in [-0.15, -0.1) is 0 Å². The van der Waals surface area contributed by atoms with Gasteiger partial charge in [-0.3, -0.25) is 0 Å². The number of sulfonamides is 1. The Morgan fingerprint density at radius 2 is 1.79 bits per heavy atom. The third-order valence-corrected chi connectivity index (χ3v) is 9.42. The second-order valence-corrected chi connectivity index (χ2v) is 12.5. The maximum absolute atomic E-state index is 14.7. The van der Waals surface area contributed by atoms with E-state index in [4.69, 9.17) is 0 Å². The topological polar surface area (TPSA) is 62.1 Å². The predicted molar refractivity (Wildman–Crippen MR) is 141 cm³/mol. The summed E-state index contributed by atoms with van der Waals surface area (Å²) in [4.78, 5) is 0. The predicted octanol–water partition coefficient (Wildman–Crippen LogP) is 7.21. The van der Waals surface area contributed by atoms with Crippen LogP contribution in [0.25, 0.3) is 5.70 Å². The van der Waals surface area contributed by atoms with Crippen LogP contribution in [0.5, 0.6) is 0 Å². The Bertz CT molecular complexity index is 1290. The van der Waals surface area contributed by atoms with Crippen molar-refractivity contribution in [2.75, 3.05) is 20.1 Å². The number of hydrogen-bond acceptors (Lipinski definition) is 4. The number of allylic oxidation sites excluding steroid dienone is 1. The van der Waals surface area contributed by atoms with E-state index in [1.807, 2.05) is 6.92 Å². The second-order valence-electron chi connectivity index (χ2n) is 10.5. The molecule has 3 rings (SSSR count). The fraction of sp³-hybridized carbons (Fsp3) is 0.500. The Labute approximate surface area is 222 Å². The monoisotopic (exact) mass is 553 g/mol. The van der Waals surface area contributed by atoms with Crippen LogP contribution >= 0.6 is 0 Å². The van der Waals surface area contributed by atoms with Gasteiger partial charge in [0.05, 0.1) is 17.0 Å². The highest BCUT2D eigenvalue weighted by Crippen LogP contribution is 2.52. The second kappa shape index (κ2) is 12.1. The van der Waals surface area contributed by atoms with Gasteiger partial charge in [0.25, 0.3) is 0 Å². The highest BCUT2D eigenvalue weighted by molar-refractivity contribution is 7.88. The molecule has 1 saturated carbocycles. The van der Waals surface area contributed by atoms with Crippen LogP contribution in [0.1, 0.15) is 51.7 Å². The fourth-order valence-electron chi connectivity index (χ4n) is 5.54. The Balaban J connectivity index is 2.02. The summed E-state index contributed by atoms with van der Waals surface area (Å²) in [7, 11) is -2.55. The lowest BCUT2D eigenvalue weighted by molar-refractivity contribution is 0.173. The zero-order valence-corrected chi connectivity index (χ0v) is 23.2. The number of rotatable bonds is 10. The first-order valence-corrected chi connectivity index (χ1v) is 14.3. The summed E-state index contributed by atoms with van der Waals surface area (Å²) in [5.74, 6) is -3.78. The summed E-state index contributed by atoms with van der Waals surface area (Å²) < 4.78 is 85.1. The quantitative estimate of drug-likeness (QED) is 0.231. The summed E-state index contributed by atoms with van der Waals surface area (Å²) in [6.45, 7) is 8.06. The van der Waals surface area contributed by atoms with E-state index in [1.54, 1.807) is 13.0 Å². The van der Waals surface area contributed by atoms with Gasteiger partial charge in [-0.25, -0.2) is 30.3 Å². The van der Waals surface area contributed by atoms with Gasteiger partial charge in [0.1, 0.15) is 23.3 Å². The highest BCUT2D eigenvalue weighted by Gasteiger charge is 2.47. The molecule has 1 aliphatic carbocycles. The molecule has 3 atom stereocenters. The van der Waals surface area contributed by atoms with Crippen molar-refractivity contribution in [3.05, 3.63) is 76.9 Å². The van der Waals surface area contributed by atoms with Crippen LogP contribution in [0.4, 0.5) is 17.6 Å². The molecule has 0 bridgehead atoms. The first-order chi connectivity index (χ1) is 17.8. The van der Waals surface area contributed by atoms with Gasteiger partial charge < -0.3 is 0 Å². The van der Waals surface area contributed by atoms with Crippen molar-refractivity contribution < 1.29 is 26.0 Å². The molecule has 0 heterocycles. The van der Waals surface area contributed by atoms with Crippen LogP contribution in [0.15, 0.2) is 52.7 Å². The molecule has 10 heteroatoms. The molecule has 2 aromatic rings. The lowest BCUT2D eigenvalue weighted by Gasteiger charge is -2.37. The lowest BCUT2D eigenvalue weighted by Crippen LogP contribution is -2.43. The van der Waals surface area contributed by atoms with Crippen molar-refractivity contribution in [2.45, 2.75) is 46.3 Å². The Kier molecular flexibility index (Phi) is 9.52. The van der Waals surface area contributed by atoms with Gasteiger partial charge in [-0.1, -0.05) is 45.9 Å². The summed E-state index contributed by atoms with van der Waals surface area (Å²) >= 11 is 0. The van der Waals surface area contributed by atoms with Crippen LogP contribution in [0, 0.1) is 46.4 Å². The van der Waals surface area contributed by atoms with Crippen LogP contribution in [0.3, 0.4) is 0 Å². The van der Waals surface area contributed by atoms with Gasteiger partial charge in [0.15, 0.2) is 0 Å². The molecule has 0 N–H and O–H groups in total. The van der Waals surface area contributed by atoms with Crippen LogP contribution in [-0.2, 0) is 15.8 Å². The van der Waals surface area contributed by atoms with Crippen molar-refractivity contribution in [2.24, 2.45) is 33.4 Å². The van der Waals surface area contributed by atoms with Gasteiger partial charge in [0.2, 0.25) is 10.0 Å². The average molecular weight is 554 g/mol. The molecular weight excluding hydrogens is 518 g/mol. The van der Waals surface area contributed by atoms with Gasteiger partial charge >= 0.3 is 0 Å². The maximum Gasteiger partial charge on any atom is 0.218 e. The minimum Gasteiger partial charge on any atom is -0.212 e. The van der Waals surface area contributed by atoms with Crippen molar-refractivity contribution >= 4 is 15.7 Å². The van der Waals surface area contributed by atoms with Crippen LogP contribution in [-0.4, -0.2) is 32.9 Å². The van der Waals surface area contributed by atoms with E-state index in [1.165, 1.54) is 17.4 Å². The van der Waals surface area contributed by atoms with Crippen LogP contribution in [0.2, 0.25) is 0 Å². The molecule has 0 aromatic heterocycles. The third kappa shape index (κ3) is 6.51. The molecule has 2 aromatic carbocycles. The molecule has 0 saturated heterocycles. The number of halogens is 4. The minimum atomic E-state index is -3.96. The van der Waals surface area contributed by atoms with Crippen molar-refractivity contribution in [3.63, 3.8) is 0 Å². The van der Waals surface area contributed by atoms with E-state index in [9.17, 15) is 26.0 Å². The standard InChI is InChI=1S/C28H35F4N3O2S/c1-6-35(38(36,37)16-19-10-11-20(29)14-25(19)32)17-28(4)13-12-21(18(2)3)22(28)15-26(34-33-5)27-23(30)8-7-9-24(27)31/h7-11,14-15,18,21-22H,6,12-13,16-17H2,1-5H3/b26-15-,34-33?/t21-,22?,28+/m1/s1. The number of nitrogens with zero attached hydrogens (tertiary/aromatic N) is 3. The summed E-state index contributed by atoms with van der Waals surface area (Å²) in [6, 6.07) is 6.43. The Hall–Kier alpha value is -2.59. The SMILES string of the molecule is CCN(C[C@]1(C)CC[C@H](C(C)C)C1/C=C(\N=NC)c1c(F)cccc1F)S(=O)(=O)Cc1ccc(F)cc1F. The Morgan fingerprint density at radius 1 is 1.13 bits per heavy atom. The molecule has 0 radical (unpaired) electrons. The van der Waals surface area contributed by atoms with Gasteiger partial charge in [-0.05, 0) is 54.2 Å². The fourth-order valence-corrected chi connectivity index (χ4v) is 7.23. The molecule has 38 heavy (non-hydrogen) atoms. The molecule has 1 unspecified atom stereocenters. The van der Waals surface area contributed by atoms with E-state index >= 15 is 0 Å². The molecule has 1 fully saturated rings. The molecular formula is C28H35F4N3O2S. The third-order valence-electron chi connectivity index (χ3n) is 7.57. The minimum absolute atomic E-state index is 0.0613. The van der Waals surface area contributed by atoms with E-state index in [-0.39, 0.29) is 47.7 Å². The number of benzene rings is 2. The lowest BCUT2D eigenvalue weighted by atomic mass is 9.73. The first-order valence-electron chi connectivity index (χ1n) is 12.7. The largest absolute Gasteiger partial charge is 0.218 e. The molecule has 0 spiro atoms. The Morgan fingerprint density at radius 3 is 2.34 bits per heavy atom. The number of azo groups is 1. The van der Waals surface area contributed by atoms with Crippen molar-refractivity contribution in [3.8, 4) is 0 Å². The molecule has 0 aliphatic heterocycles. The molecule has 0 amide bonds. The molecule has 5 nitrogen and oxygen atoms in total.